The fourth-order valence-electron chi connectivity index (χ4n) is 0.171. The molecule has 6 nitrogen and oxygen atoms in total. The highest BCUT2D eigenvalue weighted by molar-refractivity contribution is 7.92. The minimum absolute atomic E-state index is 0.558. The van der Waals surface area contributed by atoms with E-state index >= 15 is 0 Å². The van der Waals surface area contributed by atoms with Gasteiger partial charge >= 0.3 is 21.8 Å². The van der Waals surface area contributed by atoms with E-state index in [0.29, 0.717) is 6.26 Å². The first kappa shape index (κ1) is 9.56. The van der Waals surface area contributed by atoms with E-state index in [9.17, 15) is 12.6 Å². The number of hydrogen-bond donors (Lipinski definition) is 1. The zero-order valence-electron chi connectivity index (χ0n) is 4.59. The van der Waals surface area contributed by atoms with Gasteiger partial charge < -0.3 is 4.18 Å². The molecule has 1 unspecified atom stereocenters. The molecule has 0 aromatic carbocycles. The van der Waals surface area contributed by atoms with Gasteiger partial charge in [0.25, 0.3) is 0 Å². The highest BCUT2D eigenvalue weighted by atomic mass is 32.3. The van der Waals surface area contributed by atoms with Crippen molar-refractivity contribution >= 4 is 21.8 Å². The molecule has 60 valence electrons. The molecule has 0 saturated heterocycles. The Morgan fingerprint density at radius 2 is 2.10 bits per heavy atom. The molecule has 0 rings (SSSR count). The highest BCUT2D eigenvalue weighted by Crippen LogP contribution is 1.96. The van der Waals surface area contributed by atoms with Crippen LogP contribution < -0.4 is 0 Å². The Kier molecular flexibility index (Phi) is 3.50. The van der Waals surface area contributed by atoms with Crippen molar-refractivity contribution in [2.24, 2.45) is 0 Å². The Morgan fingerprint density at radius 1 is 1.60 bits per heavy atom. The van der Waals surface area contributed by atoms with Crippen LogP contribution in [0.15, 0.2) is 12.8 Å². The third-order valence-electron chi connectivity index (χ3n) is 0.327. The summed E-state index contributed by atoms with van der Waals surface area (Å²) in [5.41, 5.74) is 0. The summed E-state index contributed by atoms with van der Waals surface area (Å²) in [5, 5.41) is 0. The summed E-state index contributed by atoms with van der Waals surface area (Å²) in [6.07, 6.45) is 0.558. The molecule has 0 amide bonds. The van der Waals surface area contributed by atoms with Crippen molar-refractivity contribution in [2.45, 2.75) is 0 Å². The van der Waals surface area contributed by atoms with Crippen LogP contribution in [-0.2, 0) is 29.6 Å². The first-order chi connectivity index (χ1) is 4.48. The lowest BCUT2D eigenvalue weighted by molar-refractivity contribution is 0.356. The predicted octanol–water partition coefficient (Wildman–Crippen LogP) is -0.455. The van der Waals surface area contributed by atoms with Gasteiger partial charge in [0.2, 0.25) is 0 Å². The van der Waals surface area contributed by atoms with E-state index < -0.39 is 21.8 Å². The molecule has 0 radical (unpaired) electrons. The highest BCUT2D eigenvalue weighted by Gasteiger charge is 2.13. The fraction of sp³-hybridized carbons (Fsp3) is 0. The van der Waals surface area contributed by atoms with Crippen LogP contribution in [0.3, 0.4) is 0 Å². The van der Waals surface area contributed by atoms with E-state index in [2.05, 4.69) is 14.4 Å². The molecule has 0 heterocycles. The topological polar surface area (TPSA) is 89.9 Å². The standard InChI is InChI=1S/C2H4O6S2/c1-2-7-10(5,6)8-9(3)4/h2H,1H2,(H,3,4). The van der Waals surface area contributed by atoms with E-state index in [-0.39, 0.29) is 0 Å². The van der Waals surface area contributed by atoms with Crippen molar-refractivity contribution in [1.29, 1.82) is 0 Å². The summed E-state index contributed by atoms with van der Waals surface area (Å²) < 4.78 is 45.0. The Hall–Kier alpha value is -0.440. The van der Waals surface area contributed by atoms with Crippen molar-refractivity contribution in [3.8, 4) is 0 Å². The maximum absolute atomic E-state index is 10.2. The SMILES string of the molecule is C=COS(=O)(=O)OS(=O)O. The minimum Gasteiger partial charge on any atom is -0.370 e. The van der Waals surface area contributed by atoms with Crippen molar-refractivity contribution in [3.05, 3.63) is 12.8 Å². The molecule has 0 spiro atoms. The van der Waals surface area contributed by atoms with Gasteiger partial charge in [-0.3, -0.25) is 4.55 Å². The largest absolute Gasteiger partial charge is 0.463 e. The molecule has 0 fully saturated rings. The van der Waals surface area contributed by atoms with Gasteiger partial charge in [0.05, 0.1) is 0 Å². The minimum atomic E-state index is -4.40. The van der Waals surface area contributed by atoms with Crippen molar-refractivity contribution < 1.29 is 25.0 Å². The first-order valence-electron chi connectivity index (χ1n) is 1.83. The monoisotopic (exact) mass is 188 g/mol. The number of rotatable bonds is 4. The second kappa shape index (κ2) is 3.66. The first-order valence-corrected chi connectivity index (χ1v) is 4.19. The molecule has 0 bridgehead atoms. The lowest BCUT2D eigenvalue weighted by Gasteiger charge is -1.95. The van der Waals surface area contributed by atoms with Gasteiger partial charge in [0.15, 0.2) is 0 Å². The van der Waals surface area contributed by atoms with Crippen LogP contribution in [0.1, 0.15) is 0 Å². The maximum Gasteiger partial charge on any atom is 0.463 e. The molecular weight excluding hydrogens is 184 g/mol. The normalized spacial score (nSPS) is 14.1. The molecule has 1 N–H and O–H groups in total. The smallest absolute Gasteiger partial charge is 0.370 e. The Balaban J connectivity index is 4.14. The van der Waals surface area contributed by atoms with Gasteiger partial charge in [-0.2, -0.15) is 12.6 Å². The summed E-state index contributed by atoms with van der Waals surface area (Å²) in [6.45, 7) is 2.89. The lowest BCUT2D eigenvalue weighted by Crippen LogP contribution is -2.07. The van der Waals surface area contributed by atoms with E-state index in [0.717, 1.165) is 0 Å². The second-order valence-corrected chi connectivity index (χ2v) is 2.94. The van der Waals surface area contributed by atoms with E-state index in [1.165, 1.54) is 0 Å². The fourth-order valence-corrected chi connectivity index (χ4v) is 1.04. The van der Waals surface area contributed by atoms with Gasteiger partial charge in [0, 0.05) is 0 Å². The zero-order chi connectivity index (χ0) is 8.20. The maximum atomic E-state index is 10.2. The van der Waals surface area contributed by atoms with Crippen LogP contribution in [0.25, 0.3) is 0 Å². The summed E-state index contributed by atoms with van der Waals surface area (Å²) in [6, 6.07) is 0. The Morgan fingerprint density at radius 3 is 2.40 bits per heavy atom. The van der Waals surface area contributed by atoms with E-state index in [4.69, 9.17) is 4.55 Å². The average Bonchev–Trinajstić information content (AvgIpc) is 1.59. The van der Waals surface area contributed by atoms with E-state index in [1.54, 1.807) is 0 Å². The Bertz CT molecular complexity index is 226. The summed E-state index contributed by atoms with van der Waals surface area (Å²) >= 11 is -2.90. The molecule has 8 heteroatoms. The molecule has 0 aliphatic rings. The quantitative estimate of drug-likeness (QED) is 0.474. The molecule has 0 aliphatic carbocycles. The van der Waals surface area contributed by atoms with Gasteiger partial charge in [-0.25, -0.2) is 0 Å². The second-order valence-electron chi connectivity index (χ2n) is 0.956. The van der Waals surface area contributed by atoms with Crippen molar-refractivity contribution in [2.75, 3.05) is 0 Å². The van der Waals surface area contributed by atoms with Gasteiger partial charge in [-0.1, -0.05) is 6.58 Å². The van der Waals surface area contributed by atoms with Gasteiger partial charge in [0.1, 0.15) is 6.26 Å². The molecule has 10 heavy (non-hydrogen) atoms. The van der Waals surface area contributed by atoms with E-state index in [1.807, 2.05) is 0 Å². The van der Waals surface area contributed by atoms with Crippen LogP contribution in [0.4, 0.5) is 0 Å². The van der Waals surface area contributed by atoms with Crippen LogP contribution in [0.2, 0.25) is 0 Å². The van der Waals surface area contributed by atoms with Gasteiger partial charge in [-0.15, -0.1) is 3.63 Å². The van der Waals surface area contributed by atoms with Crippen LogP contribution in [0.5, 0.6) is 0 Å². The average molecular weight is 188 g/mol. The molecule has 0 aromatic heterocycles. The summed E-state index contributed by atoms with van der Waals surface area (Å²) in [4.78, 5) is 0. The van der Waals surface area contributed by atoms with Gasteiger partial charge in [-0.05, 0) is 0 Å². The zero-order valence-corrected chi connectivity index (χ0v) is 6.22. The predicted molar refractivity (Wildman–Crippen MR) is 32.1 cm³/mol. The number of hydrogen-bond acceptors (Lipinski definition) is 5. The van der Waals surface area contributed by atoms with Crippen LogP contribution in [-0.4, -0.2) is 17.2 Å². The summed E-state index contributed by atoms with van der Waals surface area (Å²) in [7, 11) is -4.40. The van der Waals surface area contributed by atoms with Crippen LogP contribution >= 0.6 is 0 Å². The lowest BCUT2D eigenvalue weighted by atomic mass is 11.2. The van der Waals surface area contributed by atoms with Crippen molar-refractivity contribution in [3.63, 3.8) is 0 Å². The third kappa shape index (κ3) is 4.44. The molecular formula is C2H4O6S2. The molecule has 0 saturated carbocycles. The summed E-state index contributed by atoms with van der Waals surface area (Å²) in [5.74, 6) is 0. The Labute approximate surface area is 60.3 Å². The third-order valence-corrected chi connectivity index (χ3v) is 1.83. The molecule has 1 atom stereocenters. The molecule has 0 aromatic rings. The van der Waals surface area contributed by atoms with Crippen molar-refractivity contribution in [1.82, 2.24) is 0 Å². The molecule has 0 aliphatic heterocycles. The van der Waals surface area contributed by atoms with Crippen LogP contribution in [0, 0.1) is 0 Å².